The van der Waals surface area contributed by atoms with Crippen molar-refractivity contribution in [3.63, 3.8) is 0 Å². The highest BCUT2D eigenvalue weighted by Crippen LogP contribution is 2.10. The van der Waals surface area contributed by atoms with Gasteiger partial charge in [-0.05, 0) is 30.5 Å². The predicted octanol–water partition coefficient (Wildman–Crippen LogP) is 3.05. The van der Waals surface area contributed by atoms with Crippen LogP contribution in [0.25, 0.3) is 0 Å². The molecule has 0 radical (unpaired) electrons. The van der Waals surface area contributed by atoms with Crippen LogP contribution in [0.1, 0.15) is 42.1 Å². The molecular formula is C12H16O3. The first-order valence-electron chi connectivity index (χ1n) is 5.22. The van der Waals surface area contributed by atoms with Gasteiger partial charge >= 0.3 is 5.97 Å². The minimum Gasteiger partial charge on any atom is -0.296 e. The summed E-state index contributed by atoms with van der Waals surface area (Å²) in [7, 11) is 0. The Balaban J connectivity index is 2.62. The quantitative estimate of drug-likeness (QED) is 0.459. The fourth-order valence-corrected chi connectivity index (χ4v) is 1.49. The zero-order valence-electron chi connectivity index (χ0n) is 8.90. The van der Waals surface area contributed by atoms with Gasteiger partial charge in [0.1, 0.15) is 0 Å². The molecule has 0 fully saturated rings. The van der Waals surface area contributed by atoms with Crippen LogP contribution in [0.2, 0.25) is 0 Å². The molecule has 3 heteroatoms. The molecule has 0 heterocycles. The first-order valence-corrected chi connectivity index (χ1v) is 5.22. The topological polar surface area (TPSA) is 46.5 Å². The number of benzene rings is 1. The zero-order valence-corrected chi connectivity index (χ0v) is 8.90. The second kappa shape index (κ2) is 6.19. The van der Waals surface area contributed by atoms with E-state index in [1.165, 1.54) is 12.8 Å². The van der Waals surface area contributed by atoms with E-state index in [2.05, 4.69) is 11.8 Å². The highest BCUT2D eigenvalue weighted by molar-refractivity contribution is 5.89. The molecule has 82 valence electrons. The zero-order chi connectivity index (χ0) is 11.1. The highest BCUT2D eigenvalue weighted by Gasteiger charge is 2.06. The minimum absolute atomic E-state index is 0.395. The Morgan fingerprint density at radius 2 is 2.20 bits per heavy atom. The number of aryl methyl sites for hydroxylation is 1. The van der Waals surface area contributed by atoms with Crippen LogP contribution in [0.15, 0.2) is 24.3 Å². The van der Waals surface area contributed by atoms with E-state index in [1.807, 2.05) is 6.07 Å². The Morgan fingerprint density at radius 3 is 2.87 bits per heavy atom. The molecule has 0 aliphatic heterocycles. The Hall–Kier alpha value is -1.35. The predicted molar refractivity (Wildman–Crippen MR) is 57.7 cm³/mol. The lowest BCUT2D eigenvalue weighted by Crippen LogP contribution is -2.02. The molecule has 1 rings (SSSR count). The van der Waals surface area contributed by atoms with E-state index in [9.17, 15) is 4.79 Å². The van der Waals surface area contributed by atoms with Crippen molar-refractivity contribution >= 4 is 5.97 Å². The summed E-state index contributed by atoms with van der Waals surface area (Å²) in [5, 5.41) is 8.24. The van der Waals surface area contributed by atoms with Crippen LogP contribution in [0, 0.1) is 0 Å². The molecule has 1 N–H and O–H groups in total. The standard InChI is InChI=1S/C12H16O3/c1-2-3-4-6-10-7-5-8-11(9-10)12(13)15-14/h5,7-9,14H,2-4,6H2,1H3. The monoisotopic (exact) mass is 208 g/mol. The van der Waals surface area contributed by atoms with E-state index in [0.29, 0.717) is 5.56 Å². The molecule has 3 nitrogen and oxygen atoms in total. The second-order valence-corrected chi connectivity index (χ2v) is 3.54. The van der Waals surface area contributed by atoms with Crippen LogP contribution < -0.4 is 0 Å². The molecule has 0 saturated heterocycles. The van der Waals surface area contributed by atoms with Gasteiger partial charge in [-0.15, -0.1) is 0 Å². The third-order valence-electron chi connectivity index (χ3n) is 2.31. The molecule has 0 saturated carbocycles. The van der Waals surface area contributed by atoms with Crippen molar-refractivity contribution in [2.24, 2.45) is 0 Å². The molecular weight excluding hydrogens is 192 g/mol. The number of hydrogen-bond donors (Lipinski definition) is 1. The molecule has 1 aromatic carbocycles. The molecule has 0 spiro atoms. The summed E-state index contributed by atoms with van der Waals surface area (Å²) in [6.45, 7) is 2.15. The fraction of sp³-hybridized carbons (Fsp3) is 0.417. The maximum atomic E-state index is 11.0. The number of hydrogen-bond acceptors (Lipinski definition) is 3. The van der Waals surface area contributed by atoms with Crippen LogP contribution in [0.5, 0.6) is 0 Å². The van der Waals surface area contributed by atoms with Crippen molar-refractivity contribution in [2.75, 3.05) is 0 Å². The highest BCUT2D eigenvalue weighted by atomic mass is 17.1. The SMILES string of the molecule is CCCCCc1cccc(C(=O)OO)c1. The largest absolute Gasteiger partial charge is 0.372 e. The maximum absolute atomic E-state index is 11.0. The first kappa shape index (κ1) is 11.7. The minimum atomic E-state index is -0.702. The summed E-state index contributed by atoms with van der Waals surface area (Å²) in [5.41, 5.74) is 1.50. The van der Waals surface area contributed by atoms with Gasteiger partial charge in [-0.3, -0.25) is 4.89 Å². The molecule has 15 heavy (non-hydrogen) atoms. The van der Waals surface area contributed by atoms with Crippen molar-refractivity contribution < 1.29 is 14.9 Å². The van der Waals surface area contributed by atoms with Crippen molar-refractivity contribution in [2.45, 2.75) is 32.6 Å². The molecule has 0 aromatic heterocycles. The van der Waals surface area contributed by atoms with Crippen LogP contribution >= 0.6 is 0 Å². The van der Waals surface area contributed by atoms with Gasteiger partial charge in [0.25, 0.3) is 0 Å². The molecule has 0 unspecified atom stereocenters. The smallest absolute Gasteiger partial charge is 0.296 e. The normalized spacial score (nSPS) is 10.0. The van der Waals surface area contributed by atoms with E-state index in [-0.39, 0.29) is 0 Å². The van der Waals surface area contributed by atoms with Crippen LogP contribution in [-0.2, 0) is 11.3 Å². The number of carbonyl (C=O) groups is 1. The number of rotatable bonds is 5. The van der Waals surface area contributed by atoms with E-state index >= 15 is 0 Å². The maximum Gasteiger partial charge on any atom is 0.372 e. The van der Waals surface area contributed by atoms with Gasteiger partial charge in [-0.2, -0.15) is 5.26 Å². The average molecular weight is 208 g/mol. The van der Waals surface area contributed by atoms with Crippen LogP contribution in [0.3, 0.4) is 0 Å². The Bertz CT molecular complexity index is 320. The number of unbranched alkanes of at least 4 members (excludes halogenated alkanes) is 2. The summed E-state index contributed by atoms with van der Waals surface area (Å²) < 4.78 is 0. The molecule has 0 aliphatic rings. The van der Waals surface area contributed by atoms with Crippen molar-refractivity contribution in [1.29, 1.82) is 0 Å². The lowest BCUT2D eigenvalue weighted by atomic mass is 10.0. The number of carbonyl (C=O) groups excluding carboxylic acids is 1. The van der Waals surface area contributed by atoms with Crippen LogP contribution in [-0.4, -0.2) is 11.2 Å². The first-order chi connectivity index (χ1) is 7.27. The third-order valence-corrected chi connectivity index (χ3v) is 2.31. The molecule has 0 bridgehead atoms. The van der Waals surface area contributed by atoms with E-state index in [0.717, 1.165) is 18.4 Å². The average Bonchev–Trinajstić information content (AvgIpc) is 2.29. The molecule has 0 atom stereocenters. The summed E-state index contributed by atoms with van der Waals surface area (Å²) in [5.74, 6) is -0.702. The van der Waals surface area contributed by atoms with Crippen LogP contribution in [0.4, 0.5) is 0 Å². The van der Waals surface area contributed by atoms with E-state index < -0.39 is 5.97 Å². The molecule has 1 aromatic rings. The van der Waals surface area contributed by atoms with Gasteiger partial charge in [0.05, 0.1) is 5.56 Å². The Kier molecular flexibility index (Phi) is 4.84. The van der Waals surface area contributed by atoms with Gasteiger partial charge < -0.3 is 0 Å². The Labute approximate surface area is 89.6 Å². The van der Waals surface area contributed by atoms with Crippen molar-refractivity contribution in [1.82, 2.24) is 0 Å². The summed E-state index contributed by atoms with van der Waals surface area (Å²) in [4.78, 5) is 14.7. The van der Waals surface area contributed by atoms with Gasteiger partial charge in [0.2, 0.25) is 0 Å². The van der Waals surface area contributed by atoms with Gasteiger partial charge in [0.15, 0.2) is 0 Å². The van der Waals surface area contributed by atoms with E-state index in [4.69, 9.17) is 5.26 Å². The molecule has 0 aliphatic carbocycles. The summed E-state index contributed by atoms with van der Waals surface area (Å²) in [6.07, 6.45) is 4.45. The van der Waals surface area contributed by atoms with E-state index in [1.54, 1.807) is 18.2 Å². The lowest BCUT2D eigenvalue weighted by molar-refractivity contribution is -0.182. The third kappa shape index (κ3) is 3.72. The van der Waals surface area contributed by atoms with Gasteiger partial charge in [-0.1, -0.05) is 31.9 Å². The Morgan fingerprint density at radius 1 is 1.40 bits per heavy atom. The van der Waals surface area contributed by atoms with Crippen molar-refractivity contribution in [3.8, 4) is 0 Å². The summed E-state index contributed by atoms with van der Waals surface area (Å²) >= 11 is 0. The lowest BCUT2D eigenvalue weighted by Gasteiger charge is -2.02. The van der Waals surface area contributed by atoms with Gasteiger partial charge in [-0.25, -0.2) is 4.79 Å². The van der Waals surface area contributed by atoms with Gasteiger partial charge in [0, 0.05) is 0 Å². The van der Waals surface area contributed by atoms with Crippen molar-refractivity contribution in [3.05, 3.63) is 35.4 Å². The summed E-state index contributed by atoms with van der Waals surface area (Å²) in [6, 6.07) is 7.16. The molecule has 0 amide bonds. The fourth-order valence-electron chi connectivity index (χ4n) is 1.49. The second-order valence-electron chi connectivity index (χ2n) is 3.54.